The van der Waals surface area contributed by atoms with Gasteiger partial charge >= 0.3 is 0 Å². The van der Waals surface area contributed by atoms with E-state index in [0.717, 1.165) is 36.2 Å². The highest BCUT2D eigenvalue weighted by Crippen LogP contribution is 2.25. The first-order chi connectivity index (χ1) is 14.0. The van der Waals surface area contributed by atoms with E-state index in [-0.39, 0.29) is 17.5 Å². The molecule has 0 radical (unpaired) electrons. The Kier molecular flexibility index (Phi) is 5.62. The zero-order valence-electron chi connectivity index (χ0n) is 16.9. The Bertz CT molecular complexity index is 1010. The molecule has 1 aliphatic rings. The predicted octanol–water partition coefficient (Wildman–Crippen LogP) is 4.61. The van der Waals surface area contributed by atoms with E-state index in [2.05, 4.69) is 34.7 Å². The molecule has 1 atom stereocenters. The first-order valence-electron chi connectivity index (χ1n) is 10.3. The van der Waals surface area contributed by atoms with Crippen LogP contribution in [0.25, 0.3) is 11.0 Å². The minimum atomic E-state index is -0.404. The van der Waals surface area contributed by atoms with Crippen molar-refractivity contribution in [3.63, 3.8) is 0 Å². The van der Waals surface area contributed by atoms with Crippen LogP contribution < -0.4 is 5.32 Å². The van der Waals surface area contributed by atoms with Gasteiger partial charge < -0.3 is 9.88 Å². The zero-order valence-corrected chi connectivity index (χ0v) is 16.9. The van der Waals surface area contributed by atoms with E-state index in [1.165, 1.54) is 6.07 Å². The van der Waals surface area contributed by atoms with E-state index in [1.54, 1.807) is 18.2 Å². The molecule has 0 aliphatic carbocycles. The third-order valence-electron chi connectivity index (χ3n) is 5.56. The van der Waals surface area contributed by atoms with Gasteiger partial charge in [0.2, 0.25) is 5.91 Å². The second-order valence-corrected chi connectivity index (χ2v) is 8.02. The number of anilines is 1. The van der Waals surface area contributed by atoms with Crippen molar-refractivity contribution in [2.24, 2.45) is 5.92 Å². The number of hydrogen-bond donors (Lipinski definition) is 1. The molecule has 4 rings (SSSR count). The molecule has 1 fully saturated rings. The Hall–Kier alpha value is -2.73. The summed E-state index contributed by atoms with van der Waals surface area (Å²) in [4.78, 5) is 19.8. The standard InChI is InChI=1S/C23H27FN4O/c1-16(2)28-21-12-6-5-11-20(21)25-22(28)15-27-13-7-8-17(14-27)23(29)26-19-10-4-3-9-18(19)24/h3-6,9-12,16-17H,7-8,13-15H2,1-2H3,(H,26,29)/t17-/m0/s1. The smallest absolute Gasteiger partial charge is 0.228 e. The number of likely N-dealkylation sites (tertiary alicyclic amines) is 1. The van der Waals surface area contributed by atoms with Crippen LogP contribution in [0.1, 0.15) is 38.6 Å². The summed E-state index contributed by atoms with van der Waals surface area (Å²) >= 11 is 0. The summed E-state index contributed by atoms with van der Waals surface area (Å²) in [6.45, 7) is 6.62. The number of rotatable bonds is 5. The van der Waals surface area contributed by atoms with Crippen LogP contribution >= 0.6 is 0 Å². The number of amides is 1. The normalized spacial score (nSPS) is 17.7. The molecule has 3 aromatic rings. The molecule has 6 heteroatoms. The maximum Gasteiger partial charge on any atom is 0.228 e. The van der Waals surface area contributed by atoms with Crippen LogP contribution in [0.5, 0.6) is 0 Å². The number of carbonyl (C=O) groups is 1. The van der Waals surface area contributed by atoms with Gasteiger partial charge in [-0.1, -0.05) is 24.3 Å². The summed E-state index contributed by atoms with van der Waals surface area (Å²) < 4.78 is 16.1. The summed E-state index contributed by atoms with van der Waals surface area (Å²) in [6.07, 6.45) is 1.76. The third kappa shape index (κ3) is 4.17. The molecular formula is C23H27FN4O. The molecule has 0 spiro atoms. The zero-order chi connectivity index (χ0) is 20.4. The van der Waals surface area contributed by atoms with Gasteiger partial charge in [-0.15, -0.1) is 0 Å². The Morgan fingerprint density at radius 1 is 1.21 bits per heavy atom. The van der Waals surface area contributed by atoms with Gasteiger partial charge in [0.15, 0.2) is 0 Å². The highest BCUT2D eigenvalue weighted by Gasteiger charge is 2.27. The van der Waals surface area contributed by atoms with E-state index >= 15 is 0 Å². The molecule has 1 aliphatic heterocycles. The number of fused-ring (bicyclic) bond motifs is 1. The van der Waals surface area contributed by atoms with E-state index < -0.39 is 5.82 Å². The molecule has 2 heterocycles. The lowest BCUT2D eigenvalue weighted by molar-refractivity contribution is -0.121. The van der Waals surface area contributed by atoms with Crippen LogP contribution in [0.3, 0.4) is 0 Å². The number of halogens is 1. The summed E-state index contributed by atoms with van der Waals surface area (Å²) in [7, 11) is 0. The molecule has 5 nitrogen and oxygen atoms in total. The number of piperidine rings is 1. The number of nitrogens with zero attached hydrogens (tertiary/aromatic N) is 3. The van der Waals surface area contributed by atoms with E-state index in [1.807, 2.05) is 18.2 Å². The van der Waals surface area contributed by atoms with Crippen LogP contribution in [-0.4, -0.2) is 33.4 Å². The largest absolute Gasteiger partial charge is 0.324 e. The summed E-state index contributed by atoms with van der Waals surface area (Å²) in [5, 5.41) is 2.75. The summed E-state index contributed by atoms with van der Waals surface area (Å²) in [5.74, 6) is 0.355. The second kappa shape index (κ2) is 8.33. The lowest BCUT2D eigenvalue weighted by Gasteiger charge is -2.32. The number of benzene rings is 2. The Labute approximate surface area is 170 Å². The fraction of sp³-hybridized carbons (Fsp3) is 0.391. The van der Waals surface area contributed by atoms with Gasteiger partial charge in [-0.25, -0.2) is 9.37 Å². The Morgan fingerprint density at radius 3 is 2.76 bits per heavy atom. The van der Waals surface area contributed by atoms with Crippen molar-refractivity contribution in [1.82, 2.24) is 14.5 Å². The minimum Gasteiger partial charge on any atom is -0.324 e. The first-order valence-corrected chi connectivity index (χ1v) is 10.3. The number of nitrogens with one attached hydrogen (secondary N) is 1. The minimum absolute atomic E-state index is 0.114. The number of carbonyl (C=O) groups excluding carboxylic acids is 1. The molecule has 1 amide bonds. The van der Waals surface area contributed by atoms with Gasteiger partial charge in [0.1, 0.15) is 11.6 Å². The van der Waals surface area contributed by atoms with E-state index in [9.17, 15) is 9.18 Å². The molecule has 1 N–H and O–H groups in total. The average molecular weight is 394 g/mol. The molecule has 0 bridgehead atoms. The highest BCUT2D eigenvalue weighted by atomic mass is 19.1. The maximum absolute atomic E-state index is 13.9. The van der Waals surface area contributed by atoms with Gasteiger partial charge in [0, 0.05) is 12.6 Å². The molecule has 0 unspecified atom stereocenters. The van der Waals surface area contributed by atoms with Crippen LogP contribution in [0.15, 0.2) is 48.5 Å². The topological polar surface area (TPSA) is 50.2 Å². The molecular weight excluding hydrogens is 367 g/mol. The van der Waals surface area contributed by atoms with Gasteiger partial charge in [-0.05, 0) is 57.5 Å². The van der Waals surface area contributed by atoms with Crippen LogP contribution in [-0.2, 0) is 11.3 Å². The first kappa shape index (κ1) is 19.6. The van der Waals surface area contributed by atoms with E-state index in [4.69, 9.17) is 4.98 Å². The van der Waals surface area contributed by atoms with Crippen molar-refractivity contribution >= 4 is 22.6 Å². The average Bonchev–Trinajstić information content (AvgIpc) is 3.08. The van der Waals surface area contributed by atoms with Crippen LogP contribution in [0.4, 0.5) is 10.1 Å². The van der Waals surface area contributed by atoms with E-state index in [0.29, 0.717) is 19.1 Å². The quantitative estimate of drug-likeness (QED) is 0.688. The second-order valence-electron chi connectivity index (χ2n) is 8.02. The van der Waals surface area contributed by atoms with Gasteiger partial charge in [0.25, 0.3) is 0 Å². The van der Waals surface area contributed by atoms with Crippen molar-refractivity contribution in [2.75, 3.05) is 18.4 Å². The fourth-order valence-electron chi connectivity index (χ4n) is 4.19. The lowest BCUT2D eigenvalue weighted by atomic mass is 9.97. The van der Waals surface area contributed by atoms with Crippen molar-refractivity contribution in [3.8, 4) is 0 Å². The molecule has 152 valence electrons. The molecule has 1 saturated heterocycles. The molecule has 0 saturated carbocycles. The predicted molar refractivity (Wildman–Crippen MR) is 113 cm³/mol. The van der Waals surface area contributed by atoms with Crippen molar-refractivity contribution < 1.29 is 9.18 Å². The summed E-state index contributed by atoms with van der Waals surface area (Å²) in [6, 6.07) is 14.8. The SMILES string of the molecule is CC(C)n1c(CN2CCC[C@H](C(=O)Nc3ccccc3F)C2)nc2ccccc21. The fourth-order valence-corrected chi connectivity index (χ4v) is 4.19. The van der Waals surface area contributed by atoms with Crippen molar-refractivity contribution in [1.29, 1.82) is 0 Å². The third-order valence-corrected chi connectivity index (χ3v) is 5.56. The number of para-hydroxylation sites is 3. The van der Waals surface area contributed by atoms with Gasteiger partial charge in [-0.2, -0.15) is 0 Å². The highest BCUT2D eigenvalue weighted by molar-refractivity contribution is 5.92. The Morgan fingerprint density at radius 2 is 1.97 bits per heavy atom. The lowest BCUT2D eigenvalue weighted by Crippen LogP contribution is -2.40. The van der Waals surface area contributed by atoms with Crippen molar-refractivity contribution in [2.45, 2.75) is 39.3 Å². The molecule has 2 aromatic carbocycles. The van der Waals surface area contributed by atoms with Gasteiger partial charge in [-0.3, -0.25) is 9.69 Å². The molecule has 29 heavy (non-hydrogen) atoms. The maximum atomic E-state index is 13.9. The van der Waals surface area contributed by atoms with Crippen LogP contribution in [0, 0.1) is 11.7 Å². The van der Waals surface area contributed by atoms with Gasteiger partial charge in [0.05, 0.1) is 29.2 Å². The number of imidazole rings is 1. The number of aromatic nitrogens is 2. The summed E-state index contributed by atoms with van der Waals surface area (Å²) in [5.41, 5.74) is 2.39. The van der Waals surface area contributed by atoms with Crippen molar-refractivity contribution in [3.05, 3.63) is 60.2 Å². The monoisotopic (exact) mass is 394 g/mol. The molecule has 1 aromatic heterocycles. The van der Waals surface area contributed by atoms with Crippen LogP contribution in [0.2, 0.25) is 0 Å². The number of hydrogen-bond acceptors (Lipinski definition) is 3. The Balaban J connectivity index is 1.48.